The van der Waals surface area contributed by atoms with Crippen molar-refractivity contribution in [1.82, 2.24) is 9.97 Å². The van der Waals surface area contributed by atoms with Crippen LogP contribution in [0.15, 0.2) is 10.8 Å². The maximum atomic E-state index is 9.11. The number of nitrogens with two attached hydrogens (primary N) is 1. The van der Waals surface area contributed by atoms with Crippen LogP contribution >= 0.6 is 15.9 Å². The molecule has 0 amide bonds. The van der Waals surface area contributed by atoms with Crippen molar-refractivity contribution in [3.63, 3.8) is 0 Å². The Bertz CT molecular complexity index is 344. The number of hydrogen-bond acceptors (Lipinski definition) is 6. The van der Waals surface area contributed by atoms with E-state index in [2.05, 4.69) is 36.6 Å². The standard InChI is InChI=1S/C8H14BrN5O/c1-8(2,3-15)13-6-5(9)7(14-10)12-4-11-6/h4,15H,3,10H2,1-2H3,(H2,11,12,13,14). The number of aromatic nitrogens is 2. The van der Waals surface area contributed by atoms with Gasteiger partial charge in [0.15, 0.2) is 5.82 Å². The highest BCUT2D eigenvalue weighted by atomic mass is 79.9. The minimum Gasteiger partial charge on any atom is -0.394 e. The van der Waals surface area contributed by atoms with Gasteiger partial charge in [-0.25, -0.2) is 15.8 Å². The monoisotopic (exact) mass is 275 g/mol. The predicted molar refractivity (Wildman–Crippen MR) is 62.3 cm³/mol. The Labute approximate surface area is 96.4 Å². The molecule has 0 saturated heterocycles. The molecule has 1 aromatic heterocycles. The van der Waals surface area contributed by atoms with Crippen LogP contribution in [0.4, 0.5) is 11.6 Å². The van der Waals surface area contributed by atoms with E-state index in [0.717, 1.165) is 0 Å². The minimum atomic E-state index is -0.456. The largest absolute Gasteiger partial charge is 0.394 e. The predicted octanol–water partition coefficient (Wildman–Crippen LogP) is 0.708. The third kappa shape index (κ3) is 3.01. The van der Waals surface area contributed by atoms with Crippen LogP contribution in [0.5, 0.6) is 0 Å². The summed E-state index contributed by atoms with van der Waals surface area (Å²) in [5, 5.41) is 12.2. The number of nitrogens with one attached hydrogen (secondary N) is 2. The number of anilines is 2. The zero-order valence-corrected chi connectivity index (χ0v) is 10.2. The average Bonchev–Trinajstić information content (AvgIpc) is 2.21. The molecule has 0 radical (unpaired) electrons. The molecule has 1 heterocycles. The van der Waals surface area contributed by atoms with Crippen LogP contribution < -0.4 is 16.6 Å². The summed E-state index contributed by atoms with van der Waals surface area (Å²) in [5.74, 6) is 6.34. The van der Waals surface area contributed by atoms with Crippen LogP contribution in [0, 0.1) is 0 Å². The number of hydrazine groups is 1. The normalized spacial score (nSPS) is 11.3. The number of aliphatic hydroxyl groups is 1. The van der Waals surface area contributed by atoms with Crippen LogP contribution in [0.1, 0.15) is 13.8 Å². The molecule has 0 aliphatic heterocycles. The van der Waals surface area contributed by atoms with E-state index < -0.39 is 5.54 Å². The molecule has 1 rings (SSSR count). The van der Waals surface area contributed by atoms with E-state index in [-0.39, 0.29) is 6.61 Å². The lowest BCUT2D eigenvalue weighted by molar-refractivity contribution is 0.234. The van der Waals surface area contributed by atoms with E-state index in [1.807, 2.05) is 13.8 Å². The van der Waals surface area contributed by atoms with Crippen LogP contribution in [0.2, 0.25) is 0 Å². The summed E-state index contributed by atoms with van der Waals surface area (Å²) in [4.78, 5) is 7.96. The summed E-state index contributed by atoms with van der Waals surface area (Å²) in [6, 6.07) is 0. The summed E-state index contributed by atoms with van der Waals surface area (Å²) in [5.41, 5.74) is 1.98. The second-order valence-electron chi connectivity index (χ2n) is 3.70. The second kappa shape index (κ2) is 4.73. The van der Waals surface area contributed by atoms with Crippen molar-refractivity contribution in [3.05, 3.63) is 10.8 Å². The first kappa shape index (κ1) is 12.2. The summed E-state index contributed by atoms with van der Waals surface area (Å²) < 4.78 is 0.633. The van der Waals surface area contributed by atoms with Crippen LogP contribution in [-0.2, 0) is 0 Å². The Kier molecular flexibility index (Phi) is 3.83. The molecule has 0 aromatic carbocycles. The minimum absolute atomic E-state index is 0.00513. The number of hydrogen-bond donors (Lipinski definition) is 4. The van der Waals surface area contributed by atoms with Gasteiger partial charge in [0, 0.05) is 0 Å². The summed E-state index contributed by atoms with van der Waals surface area (Å²) in [6.45, 7) is 3.71. The molecule has 15 heavy (non-hydrogen) atoms. The van der Waals surface area contributed by atoms with Crippen molar-refractivity contribution < 1.29 is 5.11 Å². The highest BCUT2D eigenvalue weighted by molar-refractivity contribution is 9.10. The molecular weight excluding hydrogens is 262 g/mol. The fourth-order valence-electron chi connectivity index (χ4n) is 0.918. The van der Waals surface area contributed by atoms with Gasteiger partial charge in [-0.1, -0.05) is 0 Å². The number of nitrogens with zero attached hydrogens (tertiary/aromatic N) is 2. The summed E-state index contributed by atoms with van der Waals surface area (Å²) in [6.07, 6.45) is 1.38. The van der Waals surface area contributed by atoms with E-state index in [1.54, 1.807) is 0 Å². The van der Waals surface area contributed by atoms with E-state index in [0.29, 0.717) is 16.1 Å². The van der Waals surface area contributed by atoms with Crippen LogP contribution in [0.3, 0.4) is 0 Å². The average molecular weight is 276 g/mol. The summed E-state index contributed by atoms with van der Waals surface area (Å²) in [7, 11) is 0. The van der Waals surface area contributed by atoms with Gasteiger partial charge in [-0.3, -0.25) is 0 Å². The third-order valence-electron chi connectivity index (χ3n) is 1.78. The van der Waals surface area contributed by atoms with Gasteiger partial charge >= 0.3 is 0 Å². The van der Waals surface area contributed by atoms with Gasteiger partial charge in [-0.2, -0.15) is 0 Å². The van der Waals surface area contributed by atoms with E-state index >= 15 is 0 Å². The molecule has 5 N–H and O–H groups in total. The molecule has 7 heteroatoms. The van der Waals surface area contributed by atoms with Crippen molar-refractivity contribution in [2.45, 2.75) is 19.4 Å². The Balaban J connectivity index is 2.95. The van der Waals surface area contributed by atoms with Crippen LogP contribution in [-0.4, -0.2) is 27.2 Å². The molecule has 0 unspecified atom stereocenters. The Morgan fingerprint density at radius 3 is 2.60 bits per heavy atom. The lowest BCUT2D eigenvalue weighted by Crippen LogP contribution is -2.35. The van der Waals surface area contributed by atoms with E-state index in [4.69, 9.17) is 10.9 Å². The van der Waals surface area contributed by atoms with Gasteiger partial charge in [0.05, 0.1) is 12.1 Å². The van der Waals surface area contributed by atoms with E-state index in [1.165, 1.54) is 6.33 Å². The van der Waals surface area contributed by atoms with Crippen molar-refractivity contribution in [1.29, 1.82) is 0 Å². The van der Waals surface area contributed by atoms with Gasteiger partial charge in [-0.15, -0.1) is 0 Å². The van der Waals surface area contributed by atoms with Crippen molar-refractivity contribution in [2.24, 2.45) is 5.84 Å². The molecule has 0 aliphatic carbocycles. The first-order chi connectivity index (χ1) is 7.00. The molecule has 0 spiro atoms. The fourth-order valence-corrected chi connectivity index (χ4v) is 1.34. The zero-order valence-electron chi connectivity index (χ0n) is 8.58. The Morgan fingerprint density at radius 2 is 2.07 bits per heavy atom. The third-order valence-corrected chi connectivity index (χ3v) is 2.53. The number of rotatable bonds is 4. The highest BCUT2D eigenvalue weighted by Crippen LogP contribution is 2.27. The van der Waals surface area contributed by atoms with E-state index in [9.17, 15) is 0 Å². The Morgan fingerprint density at radius 1 is 1.47 bits per heavy atom. The first-order valence-corrected chi connectivity index (χ1v) is 5.15. The van der Waals surface area contributed by atoms with Gasteiger partial charge in [0.1, 0.15) is 16.6 Å². The van der Waals surface area contributed by atoms with Gasteiger partial charge in [0.2, 0.25) is 0 Å². The topological polar surface area (TPSA) is 96.1 Å². The molecule has 84 valence electrons. The van der Waals surface area contributed by atoms with Crippen LogP contribution in [0.25, 0.3) is 0 Å². The lowest BCUT2D eigenvalue weighted by Gasteiger charge is -2.24. The number of halogens is 1. The fraction of sp³-hybridized carbons (Fsp3) is 0.500. The highest BCUT2D eigenvalue weighted by Gasteiger charge is 2.19. The SMILES string of the molecule is CC(C)(CO)Nc1ncnc(NN)c1Br. The van der Waals surface area contributed by atoms with Crippen molar-refractivity contribution in [2.75, 3.05) is 17.3 Å². The lowest BCUT2D eigenvalue weighted by atomic mass is 10.1. The molecule has 0 bridgehead atoms. The Hall–Kier alpha value is -0.920. The summed E-state index contributed by atoms with van der Waals surface area (Å²) >= 11 is 3.31. The van der Waals surface area contributed by atoms with Gasteiger partial charge in [-0.05, 0) is 29.8 Å². The first-order valence-electron chi connectivity index (χ1n) is 4.36. The molecular formula is C8H14BrN5O. The molecule has 0 aliphatic rings. The maximum Gasteiger partial charge on any atom is 0.159 e. The smallest absolute Gasteiger partial charge is 0.159 e. The number of nitrogen functional groups attached to an aromatic ring is 1. The second-order valence-corrected chi connectivity index (χ2v) is 4.49. The molecule has 6 nitrogen and oxygen atoms in total. The number of aliphatic hydroxyl groups excluding tert-OH is 1. The van der Waals surface area contributed by atoms with Gasteiger partial charge < -0.3 is 15.8 Å². The molecule has 0 fully saturated rings. The molecule has 1 aromatic rings. The molecule has 0 saturated carbocycles. The quantitative estimate of drug-likeness (QED) is 0.478. The zero-order chi connectivity index (χ0) is 11.5. The van der Waals surface area contributed by atoms with Crippen molar-refractivity contribution >= 4 is 27.6 Å². The van der Waals surface area contributed by atoms with Crippen molar-refractivity contribution in [3.8, 4) is 0 Å². The molecule has 0 atom stereocenters. The van der Waals surface area contributed by atoms with Gasteiger partial charge in [0.25, 0.3) is 0 Å². The maximum absolute atomic E-state index is 9.11.